The number of unbranched alkanes of at least 4 members (excludes halogenated alkanes) is 1. The standard InChI is InChI=1S/C21H30N6O4/c22-9-5-4-8-17(26-19(28)16(23)11-15-12-24-13-25-15)20(29)27-18(21(30)31)10-14-6-2-1-3-7-14/h1-3,6-7,12-13,16-18H,4-5,8-11,22-23H2,(H,24,25)(H,26,28)(H,27,29)(H,30,31)/t16-,17-,18-/m0/s1. The van der Waals surface area contributed by atoms with Crippen LogP contribution in [0.2, 0.25) is 0 Å². The van der Waals surface area contributed by atoms with Crippen LogP contribution in [0.3, 0.4) is 0 Å². The molecule has 168 valence electrons. The van der Waals surface area contributed by atoms with Gasteiger partial charge in [0.05, 0.1) is 12.4 Å². The second kappa shape index (κ2) is 12.5. The second-order valence-corrected chi connectivity index (χ2v) is 7.32. The first-order valence-electron chi connectivity index (χ1n) is 10.2. The molecule has 1 aromatic carbocycles. The van der Waals surface area contributed by atoms with Crippen molar-refractivity contribution in [2.24, 2.45) is 11.5 Å². The number of amides is 2. The molecule has 0 saturated carbocycles. The smallest absolute Gasteiger partial charge is 0.326 e. The number of imidazole rings is 1. The SMILES string of the molecule is NCCCC[C@H](NC(=O)[C@@H](N)Cc1cnc[nH]1)C(=O)N[C@@H](Cc1ccccc1)C(=O)O. The molecule has 0 radical (unpaired) electrons. The van der Waals surface area contributed by atoms with Gasteiger partial charge < -0.3 is 32.2 Å². The minimum absolute atomic E-state index is 0.130. The Labute approximate surface area is 180 Å². The first-order chi connectivity index (χ1) is 14.9. The summed E-state index contributed by atoms with van der Waals surface area (Å²) in [7, 11) is 0. The van der Waals surface area contributed by atoms with Crippen LogP contribution in [0.1, 0.15) is 30.5 Å². The lowest BCUT2D eigenvalue weighted by Crippen LogP contribution is -2.55. The fourth-order valence-electron chi connectivity index (χ4n) is 3.09. The maximum atomic E-state index is 12.8. The summed E-state index contributed by atoms with van der Waals surface area (Å²) in [6, 6.07) is 6.08. The summed E-state index contributed by atoms with van der Waals surface area (Å²) >= 11 is 0. The zero-order valence-electron chi connectivity index (χ0n) is 17.3. The highest BCUT2D eigenvalue weighted by atomic mass is 16.4. The van der Waals surface area contributed by atoms with Crippen LogP contribution in [0.25, 0.3) is 0 Å². The topological polar surface area (TPSA) is 176 Å². The van der Waals surface area contributed by atoms with Crippen LogP contribution >= 0.6 is 0 Å². The Morgan fingerprint density at radius 2 is 1.74 bits per heavy atom. The molecule has 0 aliphatic carbocycles. The summed E-state index contributed by atoms with van der Waals surface area (Å²) in [5.41, 5.74) is 13.0. The summed E-state index contributed by atoms with van der Waals surface area (Å²) in [5, 5.41) is 14.7. The minimum Gasteiger partial charge on any atom is -0.480 e. The minimum atomic E-state index is -1.15. The van der Waals surface area contributed by atoms with Gasteiger partial charge in [0.1, 0.15) is 12.1 Å². The van der Waals surface area contributed by atoms with Crippen LogP contribution in [-0.4, -0.2) is 57.5 Å². The van der Waals surface area contributed by atoms with Gasteiger partial charge in [-0.1, -0.05) is 30.3 Å². The number of aromatic amines is 1. The molecular weight excluding hydrogens is 400 g/mol. The lowest BCUT2D eigenvalue weighted by molar-refractivity contribution is -0.142. The molecule has 10 heteroatoms. The number of nitrogens with two attached hydrogens (primary N) is 2. The van der Waals surface area contributed by atoms with Crippen molar-refractivity contribution in [3.05, 3.63) is 54.1 Å². The van der Waals surface area contributed by atoms with E-state index < -0.39 is 35.9 Å². The first kappa shape index (κ1) is 24.0. The van der Waals surface area contributed by atoms with Crippen molar-refractivity contribution in [1.82, 2.24) is 20.6 Å². The molecule has 0 aliphatic heterocycles. The maximum absolute atomic E-state index is 12.8. The Hall–Kier alpha value is -3.24. The van der Waals surface area contributed by atoms with Gasteiger partial charge in [0.2, 0.25) is 11.8 Å². The number of aromatic nitrogens is 2. The third kappa shape index (κ3) is 8.19. The molecule has 0 unspecified atom stereocenters. The van der Waals surface area contributed by atoms with Crippen LogP contribution in [0.5, 0.6) is 0 Å². The van der Waals surface area contributed by atoms with E-state index in [0.717, 1.165) is 5.56 Å². The van der Waals surface area contributed by atoms with Gasteiger partial charge in [-0.25, -0.2) is 9.78 Å². The van der Waals surface area contributed by atoms with Crippen molar-refractivity contribution in [2.45, 2.75) is 50.2 Å². The third-order valence-electron chi connectivity index (χ3n) is 4.81. The number of hydrogen-bond donors (Lipinski definition) is 6. The van der Waals surface area contributed by atoms with Gasteiger partial charge in [-0.3, -0.25) is 9.59 Å². The monoisotopic (exact) mass is 430 g/mol. The lowest BCUT2D eigenvalue weighted by Gasteiger charge is -2.23. The number of carboxylic acids is 1. The third-order valence-corrected chi connectivity index (χ3v) is 4.81. The average Bonchev–Trinajstić information content (AvgIpc) is 3.26. The highest BCUT2D eigenvalue weighted by Crippen LogP contribution is 2.07. The van der Waals surface area contributed by atoms with Gasteiger partial charge in [-0.2, -0.15) is 0 Å². The van der Waals surface area contributed by atoms with E-state index in [-0.39, 0.29) is 12.8 Å². The molecule has 0 fully saturated rings. The molecule has 10 nitrogen and oxygen atoms in total. The fraction of sp³-hybridized carbons (Fsp3) is 0.429. The molecule has 31 heavy (non-hydrogen) atoms. The predicted octanol–water partition coefficient (Wildman–Crippen LogP) is -0.295. The molecule has 2 amide bonds. The summed E-state index contributed by atoms with van der Waals surface area (Å²) < 4.78 is 0. The van der Waals surface area contributed by atoms with Gasteiger partial charge in [-0.15, -0.1) is 0 Å². The molecule has 0 spiro atoms. The van der Waals surface area contributed by atoms with Crippen LogP contribution in [0, 0.1) is 0 Å². The molecule has 0 aliphatic rings. The number of nitrogens with zero attached hydrogens (tertiary/aromatic N) is 1. The number of carbonyl (C=O) groups excluding carboxylic acids is 2. The number of H-pyrrole nitrogens is 1. The summed E-state index contributed by atoms with van der Waals surface area (Å²) in [5.74, 6) is -2.22. The Bertz CT molecular complexity index is 828. The summed E-state index contributed by atoms with van der Waals surface area (Å²) in [6.45, 7) is 0.452. The van der Waals surface area contributed by atoms with E-state index in [2.05, 4.69) is 20.6 Å². The second-order valence-electron chi connectivity index (χ2n) is 7.32. The number of hydrogen-bond acceptors (Lipinski definition) is 6. The largest absolute Gasteiger partial charge is 0.480 e. The quantitative estimate of drug-likeness (QED) is 0.236. The van der Waals surface area contributed by atoms with Crippen LogP contribution < -0.4 is 22.1 Å². The average molecular weight is 431 g/mol. The number of carboxylic acid groups (broad SMARTS) is 1. The van der Waals surface area contributed by atoms with E-state index in [9.17, 15) is 19.5 Å². The molecule has 0 saturated heterocycles. The normalized spacial score (nSPS) is 13.7. The molecular formula is C21H30N6O4. The van der Waals surface area contributed by atoms with Crippen LogP contribution in [0.4, 0.5) is 0 Å². The van der Waals surface area contributed by atoms with Crippen molar-refractivity contribution >= 4 is 17.8 Å². The number of rotatable bonds is 13. The Balaban J connectivity index is 2.02. The lowest BCUT2D eigenvalue weighted by atomic mass is 10.0. The van der Waals surface area contributed by atoms with Gasteiger partial charge >= 0.3 is 5.97 Å². The zero-order chi connectivity index (χ0) is 22.6. The van der Waals surface area contributed by atoms with Gasteiger partial charge in [0, 0.05) is 24.7 Å². The molecule has 1 aromatic heterocycles. The van der Waals surface area contributed by atoms with Gasteiger partial charge in [0.25, 0.3) is 0 Å². The van der Waals surface area contributed by atoms with E-state index in [0.29, 0.717) is 31.5 Å². The van der Waals surface area contributed by atoms with E-state index in [1.54, 1.807) is 30.5 Å². The van der Waals surface area contributed by atoms with Crippen LogP contribution in [-0.2, 0) is 27.2 Å². The van der Waals surface area contributed by atoms with Crippen molar-refractivity contribution in [1.29, 1.82) is 0 Å². The van der Waals surface area contributed by atoms with Crippen LogP contribution in [0.15, 0.2) is 42.9 Å². The first-order valence-corrected chi connectivity index (χ1v) is 10.2. The molecule has 0 bridgehead atoms. The van der Waals surface area contributed by atoms with Crippen molar-refractivity contribution < 1.29 is 19.5 Å². The number of nitrogens with one attached hydrogen (secondary N) is 3. The Morgan fingerprint density at radius 1 is 1.03 bits per heavy atom. The molecule has 8 N–H and O–H groups in total. The van der Waals surface area contributed by atoms with E-state index >= 15 is 0 Å². The zero-order valence-corrected chi connectivity index (χ0v) is 17.3. The molecule has 3 atom stereocenters. The van der Waals surface area contributed by atoms with Crippen molar-refractivity contribution in [2.75, 3.05) is 6.54 Å². The Morgan fingerprint density at radius 3 is 2.35 bits per heavy atom. The molecule has 2 aromatic rings. The maximum Gasteiger partial charge on any atom is 0.326 e. The number of carbonyl (C=O) groups is 3. The van der Waals surface area contributed by atoms with Crippen molar-refractivity contribution in [3.63, 3.8) is 0 Å². The number of aliphatic carboxylic acids is 1. The molecule has 1 heterocycles. The van der Waals surface area contributed by atoms with E-state index in [4.69, 9.17) is 11.5 Å². The highest BCUT2D eigenvalue weighted by Gasteiger charge is 2.28. The summed E-state index contributed by atoms with van der Waals surface area (Å²) in [6.07, 6.45) is 5.01. The Kier molecular flexibility index (Phi) is 9.66. The number of benzene rings is 1. The highest BCUT2D eigenvalue weighted by molar-refractivity contribution is 5.91. The van der Waals surface area contributed by atoms with Crippen molar-refractivity contribution in [3.8, 4) is 0 Å². The summed E-state index contributed by atoms with van der Waals surface area (Å²) in [4.78, 5) is 43.8. The van der Waals surface area contributed by atoms with Gasteiger partial charge in [-0.05, 0) is 31.4 Å². The van der Waals surface area contributed by atoms with E-state index in [1.165, 1.54) is 6.33 Å². The van der Waals surface area contributed by atoms with E-state index in [1.807, 2.05) is 6.07 Å². The van der Waals surface area contributed by atoms with Gasteiger partial charge in [0.15, 0.2) is 0 Å². The molecule has 2 rings (SSSR count). The fourth-order valence-corrected chi connectivity index (χ4v) is 3.09. The predicted molar refractivity (Wildman–Crippen MR) is 115 cm³/mol.